The summed E-state index contributed by atoms with van der Waals surface area (Å²) in [5.41, 5.74) is 2.05. The Kier molecular flexibility index (Phi) is 14.5. The molecular formula is C38H43NO15. The van der Waals surface area contributed by atoms with Crippen molar-refractivity contribution in [2.24, 2.45) is 0 Å². The first-order valence-electron chi connectivity index (χ1n) is 17.1. The quantitative estimate of drug-likeness (QED) is 0.129. The first kappa shape index (κ1) is 40.2. The SMILES string of the molecule is CC(=O)OC[C@H]1O[C@H](O)[C@H](NC(=O)OCc2ccccc2)[C@@H](OCc2ccccc2)[C@@H]1O[C@H]1O[C@@H](C(=O)O)[C@@H](O)[C@H](OCc2ccccc2)[C@H]1OC(C)=O. The lowest BCUT2D eigenvalue weighted by Gasteiger charge is -2.48. The highest BCUT2D eigenvalue weighted by Gasteiger charge is 2.55. The molecule has 0 saturated carbocycles. The van der Waals surface area contributed by atoms with Gasteiger partial charge in [0.15, 0.2) is 24.8 Å². The van der Waals surface area contributed by atoms with Gasteiger partial charge >= 0.3 is 24.0 Å². The molecule has 2 aliphatic heterocycles. The molecule has 0 aromatic heterocycles. The van der Waals surface area contributed by atoms with Gasteiger partial charge in [0.25, 0.3) is 0 Å². The number of alkyl carbamates (subject to hydrolysis) is 1. The summed E-state index contributed by atoms with van der Waals surface area (Å²) in [7, 11) is 0. The number of nitrogens with one attached hydrogen (secondary N) is 1. The molecule has 1 amide bonds. The summed E-state index contributed by atoms with van der Waals surface area (Å²) in [6, 6.07) is 25.1. The number of aliphatic hydroxyl groups is 2. The summed E-state index contributed by atoms with van der Waals surface area (Å²) in [5.74, 6) is -3.11. The van der Waals surface area contributed by atoms with Crippen LogP contribution in [0.2, 0.25) is 0 Å². The average Bonchev–Trinajstić information content (AvgIpc) is 3.15. The van der Waals surface area contributed by atoms with Crippen LogP contribution in [0, 0.1) is 0 Å². The third kappa shape index (κ3) is 11.0. The van der Waals surface area contributed by atoms with Gasteiger partial charge in [-0.1, -0.05) is 91.0 Å². The van der Waals surface area contributed by atoms with Crippen molar-refractivity contribution in [2.75, 3.05) is 6.61 Å². The van der Waals surface area contributed by atoms with E-state index in [1.807, 2.05) is 0 Å². The van der Waals surface area contributed by atoms with E-state index in [9.17, 15) is 34.5 Å². The van der Waals surface area contributed by atoms with Crippen LogP contribution < -0.4 is 5.32 Å². The van der Waals surface area contributed by atoms with Crippen molar-refractivity contribution in [2.45, 2.75) is 95.0 Å². The third-order valence-corrected chi connectivity index (χ3v) is 8.54. The van der Waals surface area contributed by atoms with Crippen molar-refractivity contribution in [3.05, 3.63) is 108 Å². The summed E-state index contributed by atoms with van der Waals surface area (Å²) in [6.07, 6.45) is -15.5. The minimum Gasteiger partial charge on any atom is -0.479 e. The number of carbonyl (C=O) groups excluding carboxylic acids is 3. The molecule has 0 radical (unpaired) electrons. The highest BCUT2D eigenvalue weighted by molar-refractivity contribution is 5.73. The molecule has 2 heterocycles. The van der Waals surface area contributed by atoms with Gasteiger partial charge in [-0.3, -0.25) is 9.59 Å². The topological polar surface area (TPSA) is 215 Å². The van der Waals surface area contributed by atoms with E-state index in [-0.39, 0.29) is 19.8 Å². The summed E-state index contributed by atoms with van der Waals surface area (Å²) < 4.78 is 46.5. The number of ether oxygens (including phenoxy) is 8. The largest absolute Gasteiger partial charge is 0.479 e. The Morgan fingerprint density at radius 2 is 1.20 bits per heavy atom. The van der Waals surface area contributed by atoms with E-state index in [0.717, 1.165) is 13.8 Å². The van der Waals surface area contributed by atoms with Crippen LogP contribution in [-0.4, -0.2) is 107 Å². The molecule has 2 aliphatic rings. The Bertz CT molecular complexity index is 1660. The normalized spacial score (nSPS) is 28.0. The molecule has 16 heteroatoms. The highest BCUT2D eigenvalue weighted by atomic mass is 16.7. The molecule has 0 spiro atoms. The maximum atomic E-state index is 13.1. The number of aliphatic hydroxyl groups excluding tert-OH is 2. The molecule has 3 aromatic carbocycles. The summed E-state index contributed by atoms with van der Waals surface area (Å²) in [6.45, 7) is 1.43. The Labute approximate surface area is 310 Å². The van der Waals surface area contributed by atoms with Crippen molar-refractivity contribution >= 4 is 24.0 Å². The fourth-order valence-corrected chi connectivity index (χ4v) is 6.00. The summed E-state index contributed by atoms with van der Waals surface area (Å²) in [4.78, 5) is 49.9. The van der Waals surface area contributed by atoms with E-state index in [1.54, 1.807) is 91.0 Å². The molecule has 16 nitrogen and oxygen atoms in total. The van der Waals surface area contributed by atoms with E-state index in [4.69, 9.17) is 37.9 Å². The zero-order valence-corrected chi connectivity index (χ0v) is 29.5. The van der Waals surface area contributed by atoms with Crippen molar-refractivity contribution in [1.82, 2.24) is 5.32 Å². The molecule has 0 aliphatic carbocycles. The fourth-order valence-electron chi connectivity index (χ4n) is 6.00. The van der Waals surface area contributed by atoms with Crippen LogP contribution in [0.3, 0.4) is 0 Å². The van der Waals surface area contributed by atoms with Gasteiger partial charge in [0.1, 0.15) is 49.8 Å². The summed E-state index contributed by atoms with van der Waals surface area (Å²) >= 11 is 0. The van der Waals surface area contributed by atoms with Gasteiger partial charge < -0.3 is 58.5 Å². The standard InChI is InChI=1S/C38H43NO15/c1-22(40)47-21-27-30(53-37-34(51-23(2)41)32(29(42)33(54-37)35(43)44)49-19-25-14-8-4-9-15-25)31(48-18-24-12-6-3-7-13-24)28(36(45)52-27)39-38(46)50-20-26-16-10-5-11-17-26/h3-17,27-34,36-37,42,45H,18-21H2,1-2H3,(H,39,46)(H,43,44)/t27-,28-,29+,30-,31-,32+,33-,34-,36+,37+/m1/s1. The van der Waals surface area contributed by atoms with Gasteiger partial charge in [-0.15, -0.1) is 0 Å². The van der Waals surface area contributed by atoms with E-state index in [2.05, 4.69) is 5.32 Å². The van der Waals surface area contributed by atoms with Crippen LogP contribution in [0.4, 0.5) is 4.79 Å². The number of amides is 1. The van der Waals surface area contributed by atoms with Gasteiger partial charge in [0.05, 0.1) is 13.2 Å². The predicted octanol–water partition coefficient (Wildman–Crippen LogP) is 2.22. The van der Waals surface area contributed by atoms with Crippen LogP contribution >= 0.6 is 0 Å². The maximum absolute atomic E-state index is 13.1. The zero-order chi connectivity index (χ0) is 38.6. The maximum Gasteiger partial charge on any atom is 0.407 e. The Morgan fingerprint density at radius 3 is 1.72 bits per heavy atom. The second-order valence-corrected chi connectivity index (χ2v) is 12.6. The van der Waals surface area contributed by atoms with Crippen molar-refractivity contribution in [1.29, 1.82) is 0 Å². The number of hydrogen-bond acceptors (Lipinski definition) is 14. The monoisotopic (exact) mass is 753 g/mol. The zero-order valence-electron chi connectivity index (χ0n) is 29.5. The molecule has 2 fully saturated rings. The lowest BCUT2D eigenvalue weighted by atomic mass is 9.95. The molecule has 3 aromatic rings. The fraction of sp³-hybridized carbons (Fsp3) is 0.421. The number of carboxylic acids is 1. The highest BCUT2D eigenvalue weighted by Crippen LogP contribution is 2.33. The lowest BCUT2D eigenvalue weighted by molar-refractivity contribution is -0.348. The van der Waals surface area contributed by atoms with Crippen LogP contribution in [-0.2, 0) is 72.1 Å². The Morgan fingerprint density at radius 1 is 0.667 bits per heavy atom. The molecule has 0 unspecified atom stereocenters. The van der Waals surface area contributed by atoms with E-state index < -0.39 is 92.0 Å². The number of hydrogen-bond donors (Lipinski definition) is 4. The average molecular weight is 754 g/mol. The van der Waals surface area contributed by atoms with Crippen molar-refractivity contribution in [3.63, 3.8) is 0 Å². The molecule has 54 heavy (non-hydrogen) atoms. The Balaban J connectivity index is 1.49. The Hall–Kier alpha value is -4.94. The van der Waals surface area contributed by atoms with Gasteiger partial charge in [0, 0.05) is 13.8 Å². The van der Waals surface area contributed by atoms with E-state index in [0.29, 0.717) is 16.7 Å². The van der Waals surface area contributed by atoms with Crippen molar-refractivity contribution in [3.8, 4) is 0 Å². The second-order valence-electron chi connectivity index (χ2n) is 12.6. The molecule has 0 bridgehead atoms. The molecule has 5 rings (SSSR count). The second kappa shape index (κ2) is 19.4. The van der Waals surface area contributed by atoms with Crippen LogP contribution in [0.15, 0.2) is 91.0 Å². The smallest absolute Gasteiger partial charge is 0.407 e. The minimum atomic E-state index is -1.94. The lowest BCUT2D eigenvalue weighted by Crippen LogP contribution is -2.68. The van der Waals surface area contributed by atoms with E-state index in [1.165, 1.54) is 0 Å². The van der Waals surface area contributed by atoms with Crippen molar-refractivity contribution < 1.29 is 72.4 Å². The number of carboxylic acid groups (broad SMARTS) is 1. The number of esters is 2. The van der Waals surface area contributed by atoms with Crippen LogP contribution in [0.1, 0.15) is 30.5 Å². The van der Waals surface area contributed by atoms with Crippen LogP contribution in [0.25, 0.3) is 0 Å². The molecule has 10 atom stereocenters. The minimum absolute atomic E-state index is 0.0895. The third-order valence-electron chi connectivity index (χ3n) is 8.54. The summed E-state index contributed by atoms with van der Waals surface area (Å²) in [5, 5.41) is 35.1. The predicted molar refractivity (Wildman–Crippen MR) is 184 cm³/mol. The molecule has 4 N–H and O–H groups in total. The van der Waals surface area contributed by atoms with Gasteiger partial charge in [0.2, 0.25) is 0 Å². The first-order chi connectivity index (χ1) is 26.0. The van der Waals surface area contributed by atoms with Gasteiger partial charge in [-0.25, -0.2) is 9.59 Å². The van der Waals surface area contributed by atoms with Gasteiger partial charge in [-0.05, 0) is 16.7 Å². The van der Waals surface area contributed by atoms with E-state index >= 15 is 0 Å². The number of rotatable bonds is 15. The number of carbonyl (C=O) groups is 4. The van der Waals surface area contributed by atoms with Gasteiger partial charge in [-0.2, -0.15) is 0 Å². The molecular weight excluding hydrogens is 710 g/mol. The number of aliphatic carboxylic acids is 1. The number of benzene rings is 3. The van der Waals surface area contributed by atoms with Crippen LogP contribution in [0.5, 0.6) is 0 Å². The first-order valence-corrected chi connectivity index (χ1v) is 17.1. The molecule has 2 saturated heterocycles. The molecule has 290 valence electrons.